The van der Waals surface area contributed by atoms with Gasteiger partial charge in [-0.2, -0.15) is 5.10 Å². The monoisotopic (exact) mass is 450 g/mol. The van der Waals surface area contributed by atoms with Crippen molar-refractivity contribution in [3.63, 3.8) is 0 Å². The minimum Gasteiger partial charge on any atom is -0.360 e. The van der Waals surface area contributed by atoms with Gasteiger partial charge in [0.1, 0.15) is 5.76 Å². The van der Waals surface area contributed by atoms with Crippen molar-refractivity contribution in [3.8, 4) is 0 Å². The van der Waals surface area contributed by atoms with Crippen LogP contribution in [-0.4, -0.2) is 44.3 Å². The molecule has 0 fully saturated rings. The van der Waals surface area contributed by atoms with E-state index >= 15 is 0 Å². The molecule has 3 aromatic rings. The highest BCUT2D eigenvalue weighted by Gasteiger charge is 2.24. The van der Waals surface area contributed by atoms with Gasteiger partial charge < -0.3 is 4.52 Å². The van der Waals surface area contributed by atoms with E-state index in [1.165, 1.54) is 12.1 Å². The minimum atomic E-state index is -3.74. The Bertz CT molecular complexity index is 1280. The Hall–Kier alpha value is -3.72. The molecule has 2 heterocycles. The van der Waals surface area contributed by atoms with E-state index in [1.54, 1.807) is 55.6 Å². The summed E-state index contributed by atoms with van der Waals surface area (Å²) in [6, 6.07) is 17.3. The third-order valence-electron chi connectivity index (χ3n) is 5.07. The van der Waals surface area contributed by atoms with Gasteiger partial charge in [0.2, 0.25) is 0 Å². The lowest BCUT2D eigenvalue weighted by Crippen LogP contribution is -2.26. The first kappa shape index (κ1) is 21.5. The van der Waals surface area contributed by atoms with Crippen LogP contribution in [-0.2, 0) is 16.4 Å². The number of carbonyl (C=O) groups excluding carboxylic acids is 1. The minimum absolute atomic E-state index is 0.147. The Labute approximate surface area is 186 Å². The summed E-state index contributed by atoms with van der Waals surface area (Å²) < 4.78 is 31.7. The maximum Gasteiger partial charge on any atom is 0.274 e. The van der Waals surface area contributed by atoms with Gasteiger partial charge in [-0.15, -0.1) is 0 Å². The van der Waals surface area contributed by atoms with Crippen LogP contribution < -0.4 is 4.31 Å². The van der Waals surface area contributed by atoms with Crippen LogP contribution in [0.25, 0.3) is 0 Å². The van der Waals surface area contributed by atoms with Gasteiger partial charge in [0.25, 0.3) is 15.9 Å². The molecule has 0 saturated heterocycles. The molecule has 0 unspecified atom stereocenters. The van der Waals surface area contributed by atoms with Crippen molar-refractivity contribution < 1.29 is 17.7 Å². The van der Waals surface area contributed by atoms with E-state index < -0.39 is 10.0 Å². The Morgan fingerprint density at radius 3 is 2.53 bits per heavy atom. The smallest absolute Gasteiger partial charge is 0.274 e. The zero-order chi connectivity index (χ0) is 22.7. The molecule has 1 amide bonds. The average molecular weight is 451 g/mol. The molecule has 1 aliphatic heterocycles. The predicted octanol–water partition coefficient (Wildman–Crippen LogP) is 3.42. The number of aromatic nitrogens is 1. The molecule has 32 heavy (non-hydrogen) atoms. The van der Waals surface area contributed by atoms with Crippen LogP contribution in [0.3, 0.4) is 0 Å². The fourth-order valence-electron chi connectivity index (χ4n) is 3.20. The number of anilines is 1. The van der Waals surface area contributed by atoms with E-state index in [-0.39, 0.29) is 16.6 Å². The number of allylic oxidation sites excluding steroid dienone is 1. The Balaban J connectivity index is 1.40. The van der Waals surface area contributed by atoms with Crippen molar-refractivity contribution >= 4 is 28.0 Å². The first-order chi connectivity index (χ1) is 15.3. The molecule has 0 saturated carbocycles. The van der Waals surface area contributed by atoms with Crippen LogP contribution in [0.1, 0.15) is 21.7 Å². The van der Waals surface area contributed by atoms with Crippen LogP contribution in [0.5, 0.6) is 0 Å². The average Bonchev–Trinajstić information content (AvgIpc) is 3.46. The molecule has 4 rings (SSSR count). The normalized spacial score (nSPS) is 14.8. The molecule has 8 nitrogen and oxygen atoms in total. The Kier molecular flexibility index (Phi) is 5.91. The van der Waals surface area contributed by atoms with Gasteiger partial charge in [-0.3, -0.25) is 9.10 Å². The molecule has 0 radical (unpaired) electrons. The zero-order valence-corrected chi connectivity index (χ0v) is 18.5. The van der Waals surface area contributed by atoms with Crippen molar-refractivity contribution in [2.45, 2.75) is 18.2 Å². The summed E-state index contributed by atoms with van der Waals surface area (Å²) in [5.74, 6) is 0.614. The van der Waals surface area contributed by atoms with Crippen LogP contribution in [0.4, 0.5) is 5.82 Å². The van der Waals surface area contributed by atoms with Gasteiger partial charge in [-0.25, -0.2) is 13.4 Å². The summed E-state index contributed by atoms with van der Waals surface area (Å²) in [5.41, 5.74) is 2.46. The first-order valence-corrected chi connectivity index (χ1v) is 11.4. The maximum atomic E-state index is 12.8. The molecule has 0 aliphatic carbocycles. The number of carbonyl (C=O) groups is 1. The first-order valence-electron chi connectivity index (χ1n) is 9.96. The van der Waals surface area contributed by atoms with Crippen molar-refractivity contribution in [1.29, 1.82) is 0 Å². The molecular weight excluding hydrogens is 428 g/mol. The molecule has 0 spiro atoms. The second kappa shape index (κ2) is 8.80. The predicted molar refractivity (Wildman–Crippen MR) is 121 cm³/mol. The second-order valence-electron chi connectivity index (χ2n) is 7.37. The number of hydrazone groups is 1. The van der Waals surface area contributed by atoms with E-state index in [1.807, 2.05) is 24.3 Å². The fraction of sp³-hybridized carbons (Fsp3) is 0.174. The number of benzene rings is 2. The van der Waals surface area contributed by atoms with E-state index in [0.29, 0.717) is 24.3 Å². The lowest BCUT2D eigenvalue weighted by atomic mass is 10.1. The molecule has 9 heteroatoms. The number of amides is 1. The van der Waals surface area contributed by atoms with Crippen molar-refractivity contribution in [1.82, 2.24) is 10.2 Å². The van der Waals surface area contributed by atoms with Crippen molar-refractivity contribution in [3.05, 3.63) is 89.2 Å². The quantitative estimate of drug-likeness (QED) is 0.573. The summed E-state index contributed by atoms with van der Waals surface area (Å²) in [4.78, 5) is 12.6. The summed E-state index contributed by atoms with van der Waals surface area (Å²) >= 11 is 0. The topological polar surface area (TPSA) is 96.1 Å². The van der Waals surface area contributed by atoms with Crippen LogP contribution in [0, 0.1) is 6.92 Å². The molecule has 164 valence electrons. The largest absolute Gasteiger partial charge is 0.360 e. The number of rotatable bonds is 6. The number of hydrogen-bond acceptors (Lipinski definition) is 6. The number of hydrogen-bond donors (Lipinski definition) is 0. The van der Waals surface area contributed by atoms with Gasteiger partial charge >= 0.3 is 0 Å². The highest BCUT2D eigenvalue weighted by molar-refractivity contribution is 7.92. The second-order valence-corrected chi connectivity index (χ2v) is 9.34. The molecule has 0 N–H and O–H groups in total. The summed E-state index contributed by atoms with van der Waals surface area (Å²) in [6.45, 7) is 2.11. The van der Waals surface area contributed by atoms with Gasteiger partial charge in [0, 0.05) is 18.7 Å². The maximum absolute atomic E-state index is 12.8. The van der Waals surface area contributed by atoms with Gasteiger partial charge in [0.05, 0.1) is 17.7 Å². The van der Waals surface area contributed by atoms with E-state index in [0.717, 1.165) is 15.4 Å². The molecule has 1 aliphatic rings. The van der Waals surface area contributed by atoms with Crippen LogP contribution in [0.15, 0.2) is 86.8 Å². The Morgan fingerprint density at radius 2 is 1.88 bits per heavy atom. The zero-order valence-electron chi connectivity index (χ0n) is 17.7. The van der Waals surface area contributed by atoms with Crippen molar-refractivity contribution in [2.75, 3.05) is 17.9 Å². The number of nitrogens with zero attached hydrogens (tertiary/aromatic N) is 4. The van der Waals surface area contributed by atoms with E-state index in [2.05, 4.69) is 10.3 Å². The van der Waals surface area contributed by atoms with Gasteiger partial charge in [-0.05, 0) is 48.7 Å². The summed E-state index contributed by atoms with van der Waals surface area (Å²) in [5, 5.41) is 9.38. The Morgan fingerprint density at radius 1 is 1.16 bits per heavy atom. The molecule has 0 bridgehead atoms. The van der Waals surface area contributed by atoms with Crippen molar-refractivity contribution in [2.24, 2.45) is 5.10 Å². The summed E-state index contributed by atoms with van der Waals surface area (Å²) in [7, 11) is -2.30. The molecule has 1 aromatic heterocycles. The highest BCUT2D eigenvalue weighted by atomic mass is 32.2. The highest BCUT2D eigenvalue weighted by Crippen LogP contribution is 2.22. The van der Waals surface area contributed by atoms with E-state index in [9.17, 15) is 13.2 Å². The molecule has 2 aromatic carbocycles. The summed E-state index contributed by atoms with van der Waals surface area (Å²) in [6.07, 6.45) is 4.25. The van der Waals surface area contributed by atoms with Gasteiger partial charge in [-0.1, -0.05) is 41.6 Å². The third-order valence-corrected chi connectivity index (χ3v) is 6.85. The lowest BCUT2D eigenvalue weighted by Gasteiger charge is -2.16. The fourth-order valence-corrected chi connectivity index (χ4v) is 4.33. The van der Waals surface area contributed by atoms with Crippen LogP contribution in [0.2, 0.25) is 0 Å². The SMILES string of the molecule is Cc1cc(N(C)S(=O)(=O)c2ccc(CC=C3C=NN(C(=O)c4ccccc4)C3)cc2)no1. The molecule has 0 atom stereocenters. The number of aryl methyl sites for hydroxylation is 1. The molecular formula is C23H22N4O4S. The van der Waals surface area contributed by atoms with Gasteiger partial charge in [0.15, 0.2) is 5.82 Å². The standard InChI is InChI=1S/C23H22N4O4S/c1-17-14-22(25-31-17)26(2)32(29,30)21-12-10-18(11-13-21)8-9-19-15-24-27(16-19)23(28)20-6-4-3-5-7-20/h3-7,9-15H,8,16H2,1-2H3. The number of sulfonamides is 1. The van der Waals surface area contributed by atoms with Crippen LogP contribution >= 0.6 is 0 Å². The lowest BCUT2D eigenvalue weighted by molar-refractivity contribution is 0.0785. The van der Waals surface area contributed by atoms with E-state index in [4.69, 9.17) is 4.52 Å². The third kappa shape index (κ3) is 4.47.